The Kier molecular flexibility index (Phi) is 3.64. The summed E-state index contributed by atoms with van der Waals surface area (Å²) in [4.78, 5) is 0. The summed E-state index contributed by atoms with van der Waals surface area (Å²) in [5.74, 6) is 6.39. The van der Waals surface area contributed by atoms with Crippen molar-refractivity contribution < 1.29 is 4.74 Å². The van der Waals surface area contributed by atoms with Gasteiger partial charge in [-0.25, -0.2) is 0 Å². The van der Waals surface area contributed by atoms with E-state index in [1.54, 1.807) is 0 Å². The summed E-state index contributed by atoms with van der Waals surface area (Å²) in [5.41, 5.74) is 7.43. The second-order valence-corrected chi connectivity index (χ2v) is 5.48. The summed E-state index contributed by atoms with van der Waals surface area (Å²) >= 11 is 0. The van der Waals surface area contributed by atoms with E-state index in [2.05, 4.69) is 23.6 Å². The van der Waals surface area contributed by atoms with E-state index in [9.17, 15) is 0 Å². The van der Waals surface area contributed by atoms with Crippen LogP contribution in [0.25, 0.3) is 0 Å². The van der Waals surface area contributed by atoms with Gasteiger partial charge in [-0.3, -0.25) is 11.3 Å². The van der Waals surface area contributed by atoms with Crippen LogP contribution in [-0.2, 0) is 17.6 Å². The zero-order chi connectivity index (χ0) is 12.4. The molecule has 0 aromatic heterocycles. The molecule has 0 bridgehead atoms. The number of hydrogen-bond donors (Lipinski definition) is 2. The first-order chi connectivity index (χ1) is 8.88. The van der Waals surface area contributed by atoms with Crippen LogP contribution >= 0.6 is 0 Å². The first-order valence-electron chi connectivity index (χ1n) is 7.04. The van der Waals surface area contributed by atoms with Crippen molar-refractivity contribution in [1.82, 2.24) is 5.43 Å². The van der Waals surface area contributed by atoms with Crippen LogP contribution in [-0.4, -0.2) is 13.2 Å². The Hall–Kier alpha value is -0.900. The van der Waals surface area contributed by atoms with Gasteiger partial charge in [0, 0.05) is 19.3 Å². The van der Waals surface area contributed by atoms with Crippen molar-refractivity contribution in [2.24, 2.45) is 11.8 Å². The summed E-state index contributed by atoms with van der Waals surface area (Å²) < 4.78 is 5.44. The van der Waals surface area contributed by atoms with Gasteiger partial charge in [-0.1, -0.05) is 18.2 Å². The van der Waals surface area contributed by atoms with E-state index in [1.165, 1.54) is 36.0 Å². The molecular formula is C15H22N2O. The minimum absolute atomic E-state index is 0.278. The molecule has 1 saturated heterocycles. The highest BCUT2D eigenvalue weighted by atomic mass is 16.5. The maximum atomic E-state index is 5.79. The number of fused-ring (bicyclic) bond motifs is 1. The monoisotopic (exact) mass is 246 g/mol. The molecule has 3 N–H and O–H groups in total. The highest BCUT2D eigenvalue weighted by molar-refractivity contribution is 5.36. The van der Waals surface area contributed by atoms with Crippen molar-refractivity contribution in [1.29, 1.82) is 0 Å². The Bertz CT molecular complexity index is 413. The van der Waals surface area contributed by atoms with Gasteiger partial charge in [-0.2, -0.15) is 0 Å². The van der Waals surface area contributed by atoms with Crippen molar-refractivity contribution in [3.8, 4) is 0 Å². The lowest BCUT2D eigenvalue weighted by Gasteiger charge is -2.30. The van der Waals surface area contributed by atoms with E-state index in [0.29, 0.717) is 5.92 Å². The molecule has 2 aliphatic rings. The summed E-state index contributed by atoms with van der Waals surface area (Å²) in [6, 6.07) is 7.19. The average Bonchev–Trinajstić information content (AvgIpc) is 2.88. The third-order valence-corrected chi connectivity index (χ3v) is 4.40. The van der Waals surface area contributed by atoms with Crippen molar-refractivity contribution >= 4 is 0 Å². The highest BCUT2D eigenvalue weighted by Gasteiger charge is 2.25. The fourth-order valence-corrected chi connectivity index (χ4v) is 3.34. The Morgan fingerprint density at radius 1 is 1.17 bits per heavy atom. The van der Waals surface area contributed by atoms with E-state index in [-0.39, 0.29) is 6.04 Å². The molecule has 0 spiro atoms. The maximum Gasteiger partial charge on any atom is 0.0489 e. The number of nitrogens with one attached hydrogen (secondary N) is 1. The fraction of sp³-hybridized carbons (Fsp3) is 0.600. The van der Waals surface area contributed by atoms with Crippen LogP contribution in [0.3, 0.4) is 0 Å². The summed E-state index contributed by atoms with van der Waals surface area (Å²) in [6.45, 7) is 1.74. The number of benzene rings is 1. The molecule has 1 aromatic carbocycles. The molecule has 3 nitrogen and oxygen atoms in total. The Labute approximate surface area is 109 Å². The van der Waals surface area contributed by atoms with E-state index < -0.39 is 0 Å². The van der Waals surface area contributed by atoms with Crippen LogP contribution in [0.2, 0.25) is 0 Å². The van der Waals surface area contributed by atoms with Crippen LogP contribution in [0.5, 0.6) is 0 Å². The molecule has 0 amide bonds. The largest absolute Gasteiger partial charge is 0.381 e. The van der Waals surface area contributed by atoms with Gasteiger partial charge >= 0.3 is 0 Å². The van der Waals surface area contributed by atoms with Gasteiger partial charge < -0.3 is 4.74 Å². The summed E-state index contributed by atoms with van der Waals surface area (Å²) in [5, 5.41) is 0. The second kappa shape index (κ2) is 5.39. The first-order valence-corrected chi connectivity index (χ1v) is 7.04. The quantitative estimate of drug-likeness (QED) is 0.634. The van der Waals surface area contributed by atoms with Crippen LogP contribution < -0.4 is 11.3 Å². The van der Waals surface area contributed by atoms with Gasteiger partial charge in [0.05, 0.1) is 0 Å². The smallest absolute Gasteiger partial charge is 0.0489 e. The van der Waals surface area contributed by atoms with Gasteiger partial charge in [0.1, 0.15) is 0 Å². The molecule has 1 heterocycles. The Morgan fingerprint density at radius 3 is 2.72 bits per heavy atom. The third-order valence-electron chi connectivity index (χ3n) is 4.40. The van der Waals surface area contributed by atoms with Gasteiger partial charge in [0.15, 0.2) is 0 Å². The van der Waals surface area contributed by atoms with Crippen LogP contribution in [0.1, 0.15) is 42.0 Å². The first kappa shape index (κ1) is 12.2. The molecule has 0 radical (unpaired) electrons. The molecule has 1 unspecified atom stereocenters. The molecule has 98 valence electrons. The Balaban J connectivity index is 1.82. The average molecular weight is 246 g/mol. The lowest BCUT2D eigenvalue weighted by molar-refractivity contribution is 0.0536. The molecule has 1 aromatic rings. The van der Waals surface area contributed by atoms with Crippen LogP contribution in [0.15, 0.2) is 18.2 Å². The van der Waals surface area contributed by atoms with E-state index >= 15 is 0 Å². The zero-order valence-electron chi connectivity index (χ0n) is 10.8. The molecule has 1 fully saturated rings. The Morgan fingerprint density at radius 2 is 1.94 bits per heavy atom. The molecule has 3 rings (SSSR count). The predicted octanol–water partition coefficient (Wildman–Crippen LogP) is 2.11. The maximum absolute atomic E-state index is 5.79. The van der Waals surface area contributed by atoms with Crippen molar-refractivity contribution in [2.45, 2.75) is 38.1 Å². The second-order valence-electron chi connectivity index (χ2n) is 5.48. The molecule has 1 aliphatic carbocycles. The summed E-state index contributed by atoms with van der Waals surface area (Å²) in [6.07, 6.45) is 5.98. The van der Waals surface area contributed by atoms with Crippen molar-refractivity contribution in [3.63, 3.8) is 0 Å². The number of hydrogen-bond acceptors (Lipinski definition) is 3. The molecule has 3 heteroatoms. The van der Waals surface area contributed by atoms with Gasteiger partial charge in [0.2, 0.25) is 0 Å². The molecule has 0 saturated carbocycles. The van der Waals surface area contributed by atoms with Crippen LogP contribution in [0, 0.1) is 5.92 Å². The van der Waals surface area contributed by atoms with Crippen LogP contribution in [0.4, 0.5) is 0 Å². The van der Waals surface area contributed by atoms with E-state index in [1.807, 2.05) is 0 Å². The topological polar surface area (TPSA) is 47.3 Å². The number of hydrazine groups is 1. The van der Waals surface area contributed by atoms with E-state index in [0.717, 1.165) is 26.1 Å². The molecule has 18 heavy (non-hydrogen) atoms. The number of rotatable bonds is 3. The van der Waals surface area contributed by atoms with Gasteiger partial charge in [0.25, 0.3) is 0 Å². The molecule has 1 atom stereocenters. The number of aryl methyl sites for hydroxylation is 2. The molecular weight excluding hydrogens is 224 g/mol. The van der Waals surface area contributed by atoms with E-state index in [4.69, 9.17) is 10.6 Å². The van der Waals surface area contributed by atoms with Crippen molar-refractivity contribution in [3.05, 3.63) is 34.9 Å². The third kappa shape index (κ3) is 2.30. The SMILES string of the molecule is NNC(c1ccc2c(c1)CCC2)C1CCOCC1. The standard InChI is InChI=1S/C15H22N2O/c16-17-15(12-6-8-18-9-7-12)14-5-4-11-2-1-3-13(11)10-14/h4-5,10,12,15,17H,1-3,6-9,16H2. The highest BCUT2D eigenvalue weighted by Crippen LogP contribution is 2.32. The van der Waals surface area contributed by atoms with Crippen molar-refractivity contribution in [2.75, 3.05) is 13.2 Å². The lowest BCUT2D eigenvalue weighted by Crippen LogP contribution is -2.36. The predicted molar refractivity (Wildman–Crippen MR) is 72.1 cm³/mol. The minimum Gasteiger partial charge on any atom is -0.381 e. The van der Waals surface area contributed by atoms with Gasteiger partial charge in [-0.05, 0) is 54.7 Å². The summed E-state index contributed by atoms with van der Waals surface area (Å²) in [7, 11) is 0. The minimum atomic E-state index is 0.278. The molecule has 1 aliphatic heterocycles. The number of ether oxygens (including phenoxy) is 1. The fourth-order valence-electron chi connectivity index (χ4n) is 3.34. The van der Waals surface area contributed by atoms with Gasteiger partial charge in [-0.15, -0.1) is 0 Å². The lowest BCUT2D eigenvalue weighted by atomic mass is 9.86. The zero-order valence-corrected chi connectivity index (χ0v) is 10.8. The number of nitrogens with two attached hydrogens (primary N) is 1. The normalized spacial score (nSPS) is 21.8.